The minimum atomic E-state index is -0.0759. The van der Waals surface area contributed by atoms with E-state index < -0.39 is 0 Å². The van der Waals surface area contributed by atoms with Crippen LogP contribution in [0.15, 0.2) is 182 Å². The zero-order valence-corrected chi connectivity index (χ0v) is 31.8. The average molecular weight is 696 g/mol. The lowest BCUT2D eigenvalue weighted by Gasteiger charge is -2.32. The summed E-state index contributed by atoms with van der Waals surface area (Å²) in [6.07, 6.45) is 0. The molecule has 0 N–H and O–H groups in total. The van der Waals surface area contributed by atoms with E-state index in [1.54, 1.807) is 0 Å². The molecule has 0 atom stereocenters. The van der Waals surface area contributed by atoms with Gasteiger partial charge in [-0.2, -0.15) is 0 Å². The van der Waals surface area contributed by atoms with Crippen molar-refractivity contribution >= 4 is 27.8 Å². The maximum atomic E-state index is 2.52. The number of rotatable bonds is 6. The van der Waals surface area contributed by atoms with E-state index in [0.717, 1.165) is 17.1 Å². The summed E-state index contributed by atoms with van der Waals surface area (Å²) in [6.45, 7) is 11.6. The summed E-state index contributed by atoms with van der Waals surface area (Å²) in [4.78, 5) is 2.52. The number of anilines is 3. The molecular weight excluding hydrogens is 651 g/mol. The second kappa shape index (κ2) is 13.0. The lowest BCUT2D eigenvalue weighted by atomic mass is 9.82. The van der Waals surface area contributed by atoms with Crippen molar-refractivity contribution < 1.29 is 0 Å². The molecule has 1 aliphatic rings. The fourth-order valence-corrected chi connectivity index (χ4v) is 8.51. The molecule has 9 rings (SSSR count). The molecule has 1 nitrogen and oxygen atoms in total. The summed E-state index contributed by atoms with van der Waals surface area (Å²) >= 11 is 0. The van der Waals surface area contributed by atoms with Crippen molar-refractivity contribution in [2.45, 2.75) is 45.4 Å². The van der Waals surface area contributed by atoms with E-state index in [-0.39, 0.29) is 10.8 Å². The van der Waals surface area contributed by atoms with Crippen LogP contribution in [0.1, 0.15) is 51.3 Å². The van der Waals surface area contributed by atoms with Crippen molar-refractivity contribution in [1.29, 1.82) is 0 Å². The molecule has 0 radical (unpaired) electrons. The van der Waals surface area contributed by atoms with E-state index in [2.05, 4.69) is 222 Å². The number of fused-ring (bicyclic) bond motifs is 4. The Morgan fingerprint density at radius 1 is 0.426 bits per heavy atom. The average Bonchev–Trinajstić information content (AvgIpc) is 3.43. The Bertz CT molecular complexity index is 2640. The number of hydrogen-bond donors (Lipinski definition) is 0. The Kier molecular flexibility index (Phi) is 8.12. The third-order valence-electron chi connectivity index (χ3n) is 11.4. The van der Waals surface area contributed by atoms with E-state index in [4.69, 9.17) is 0 Å². The SMILES string of the molecule is CC(C)(C)c1ccc(N(c2ccc3c(c2)-c2ccccc2C3(C)C)c2ccc3ccccc3c2-c2ccc(-c3ccccc3)cc2)c(-c2ccccc2)c1. The Morgan fingerprint density at radius 2 is 1.02 bits per heavy atom. The van der Waals surface area contributed by atoms with E-state index in [1.807, 2.05) is 0 Å². The minimum absolute atomic E-state index is 0.00956. The third kappa shape index (κ3) is 5.72. The first-order chi connectivity index (χ1) is 26.2. The number of benzene rings is 8. The van der Waals surface area contributed by atoms with Crippen LogP contribution in [0.5, 0.6) is 0 Å². The van der Waals surface area contributed by atoms with Crippen LogP contribution < -0.4 is 4.90 Å². The number of nitrogens with zero attached hydrogens (tertiary/aromatic N) is 1. The first-order valence-electron chi connectivity index (χ1n) is 19.1. The van der Waals surface area contributed by atoms with E-state index in [9.17, 15) is 0 Å². The van der Waals surface area contributed by atoms with Gasteiger partial charge < -0.3 is 4.90 Å². The molecule has 0 saturated carbocycles. The second-order valence-corrected chi connectivity index (χ2v) is 16.2. The van der Waals surface area contributed by atoms with Crippen molar-refractivity contribution in [1.82, 2.24) is 0 Å². The molecule has 0 bridgehead atoms. The standard InChI is InChI=1S/C53H45N/c1-52(2,3)41-29-33-49(45(34-41)38-18-10-7-11-19-38)54(42-30-31-48-46(35-42)44-22-14-15-23-47(44)53(48,4)5)50-32-28-39-20-12-13-21-43(39)51(50)40-26-24-37(25-27-40)36-16-8-6-9-17-36/h6-35H,1-5H3. The van der Waals surface area contributed by atoms with Crippen LogP contribution in [0, 0.1) is 0 Å². The van der Waals surface area contributed by atoms with Crippen LogP contribution >= 0.6 is 0 Å². The first-order valence-corrected chi connectivity index (χ1v) is 19.1. The largest absolute Gasteiger partial charge is 0.309 e. The fourth-order valence-electron chi connectivity index (χ4n) is 8.51. The van der Waals surface area contributed by atoms with Crippen molar-refractivity contribution in [3.8, 4) is 44.5 Å². The molecule has 0 heterocycles. The zero-order chi connectivity index (χ0) is 37.0. The molecule has 0 spiro atoms. The molecule has 0 aliphatic heterocycles. The second-order valence-electron chi connectivity index (χ2n) is 16.2. The molecular formula is C53H45N. The predicted octanol–water partition coefficient (Wildman–Crippen LogP) is 14.9. The summed E-state index contributed by atoms with van der Waals surface area (Å²) in [5.74, 6) is 0. The van der Waals surface area contributed by atoms with Gasteiger partial charge in [-0.25, -0.2) is 0 Å². The molecule has 0 unspecified atom stereocenters. The van der Waals surface area contributed by atoms with E-state index in [1.165, 1.54) is 72.0 Å². The summed E-state index contributed by atoms with van der Waals surface area (Å²) in [5, 5.41) is 2.45. The van der Waals surface area contributed by atoms with Crippen molar-refractivity contribution in [2.24, 2.45) is 0 Å². The van der Waals surface area contributed by atoms with Crippen LogP contribution in [0.25, 0.3) is 55.3 Å². The molecule has 54 heavy (non-hydrogen) atoms. The normalized spacial score (nSPS) is 13.1. The summed E-state index contributed by atoms with van der Waals surface area (Å²) in [5.41, 5.74) is 17.3. The van der Waals surface area contributed by atoms with Gasteiger partial charge in [-0.1, -0.05) is 186 Å². The topological polar surface area (TPSA) is 3.24 Å². The van der Waals surface area contributed by atoms with Gasteiger partial charge in [-0.3, -0.25) is 0 Å². The number of hydrogen-bond acceptors (Lipinski definition) is 1. The highest BCUT2D eigenvalue weighted by Crippen LogP contribution is 2.53. The van der Waals surface area contributed by atoms with Crippen molar-refractivity contribution in [3.05, 3.63) is 199 Å². The highest BCUT2D eigenvalue weighted by Gasteiger charge is 2.36. The van der Waals surface area contributed by atoms with Crippen molar-refractivity contribution in [2.75, 3.05) is 4.90 Å². The van der Waals surface area contributed by atoms with Crippen molar-refractivity contribution in [3.63, 3.8) is 0 Å². The maximum Gasteiger partial charge on any atom is 0.0546 e. The quantitative estimate of drug-likeness (QED) is 0.167. The lowest BCUT2D eigenvalue weighted by molar-refractivity contribution is 0.590. The van der Waals surface area contributed by atoms with Gasteiger partial charge in [0.1, 0.15) is 0 Å². The van der Waals surface area contributed by atoms with Gasteiger partial charge >= 0.3 is 0 Å². The van der Waals surface area contributed by atoms with Gasteiger partial charge in [0.05, 0.1) is 11.4 Å². The molecule has 1 heteroatoms. The Morgan fingerprint density at radius 3 is 1.76 bits per heavy atom. The highest BCUT2D eigenvalue weighted by molar-refractivity contribution is 6.06. The first kappa shape index (κ1) is 33.6. The van der Waals surface area contributed by atoms with Gasteiger partial charge in [0.15, 0.2) is 0 Å². The maximum absolute atomic E-state index is 2.52. The van der Waals surface area contributed by atoms with Crippen LogP contribution in [-0.4, -0.2) is 0 Å². The zero-order valence-electron chi connectivity index (χ0n) is 31.8. The Balaban J connectivity index is 1.34. The van der Waals surface area contributed by atoms with Gasteiger partial charge in [-0.15, -0.1) is 0 Å². The summed E-state index contributed by atoms with van der Waals surface area (Å²) < 4.78 is 0. The summed E-state index contributed by atoms with van der Waals surface area (Å²) in [6, 6.07) is 67.3. The van der Waals surface area contributed by atoms with Gasteiger partial charge in [0.2, 0.25) is 0 Å². The Hall–Kier alpha value is -6.18. The molecule has 8 aromatic carbocycles. The van der Waals surface area contributed by atoms with Gasteiger partial charge in [-0.05, 0) is 96.6 Å². The van der Waals surface area contributed by atoms with Crippen LogP contribution in [-0.2, 0) is 10.8 Å². The lowest BCUT2D eigenvalue weighted by Crippen LogP contribution is -2.16. The van der Waals surface area contributed by atoms with E-state index in [0.29, 0.717) is 0 Å². The van der Waals surface area contributed by atoms with Crippen LogP contribution in [0.4, 0.5) is 17.1 Å². The van der Waals surface area contributed by atoms with Gasteiger partial charge in [0.25, 0.3) is 0 Å². The molecule has 1 aliphatic carbocycles. The van der Waals surface area contributed by atoms with E-state index >= 15 is 0 Å². The van der Waals surface area contributed by atoms with Crippen LogP contribution in [0.3, 0.4) is 0 Å². The third-order valence-corrected chi connectivity index (χ3v) is 11.4. The molecule has 0 fully saturated rings. The summed E-state index contributed by atoms with van der Waals surface area (Å²) in [7, 11) is 0. The fraction of sp³-hybridized carbons (Fsp3) is 0.132. The molecule has 0 saturated heterocycles. The molecule has 0 amide bonds. The highest BCUT2D eigenvalue weighted by atomic mass is 15.1. The van der Waals surface area contributed by atoms with Gasteiger partial charge in [0, 0.05) is 22.2 Å². The van der Waals surface area contributed by atoms with Crippen LogP contribution in [0.2, 0.25) is 0 Å². The monoisotopic (exact) mass is 695 g/mol. The Labute approximate surface area is 320 Å². The molecule has 8 aromatic rings. The predicted molar refractivity (Wildman–Crippen MR) is 231 cm³/mol. The smallest absolute Gasteiger partial charge is 0.0546 e. The molecule has 0 aromatic heterocycles. The molecule has 262 valence electrons. The minimum Gasteiger partial charge on any atom is -0.309 e.